The van der Waals surface area contributed by atoms with E-state index in [2.05, 4.69) is 16.3 Å². The van der Waals surface area contributed by atoms with Gasteiger partial charge in [-0.15, -0.1) is 10.2 Å². The van der Waals surface area contributed by atoms with Gasteiger partial charge in [0.2, 0.25) is 6.54 Å². The van der Waals surface area contributed by atoms with Gasteiger partial charge < -0.3 is 4.74 Å². The summed E-state index contributed by atoms with van der Waals surface area (Å²) in [5.41, 5.74) is 2.49. The maximum Gasteiger partial charge on any atom is 0.220 e. The van der Waals surface area contributed by atoms with Crippen molar-refractivity contribution in [1.29, 1.82) is 5.26 Å². The molecule has 0 N–H and O–H groups in total. The van der Waals surface area contributed by atoms with Crippen molar-refractivity contribution in [2.24, 2.45) is 0 Å². The Hall–Kier alpha value is -4.23. The van der Waals surface area contributed by atoms with Crippen molar-refractivity contribution in [3.63, 3.8) is 0 Å². The molecular weight excluding hydrogens is 469 g/mol. The van der Waals surface area contributed by atoms with Crippen LogP contribution in [0.5, 0.6) is 5.75 Å². The Kier molecular flexibility index (Phi) is 7.38. The SMILES string of the molecule is Cc1nnc(S[C@H](C[N+](=O)[O-])c2ccccc2OCc2ccccc2C#N)n1-c1ccc(F)cc1. The summed E-state index contributed by atoms with van der Waals surface area (Å²) in [5, 5.41) is 29.0. The van der Waals surface area contributed by atoms with Gasteiger partial charge >= 0.3 is 0 Å². The van der Waals surface area contributed by atoms with Crippen LogP contribution < -0.4 is 4.74 Å². The molecule has 8 nitrogen and oxygen atoms in total. The minimum Gasteiger partial charge on any atom is -0.489 e. The average molecular weight is 490 g/mol. The standard InChI is InChI=1S/C25H20FN5O3S/c1-17-28-29-25(31(17)21-12-10-20(26)11-13-21)35-24(15-30(32)33)22-8-4-5-9-23(22)34-16-19-7-3-2-6-18(19)14-27/h2-13,24H,15-16H2,1H3/t24-/m1/s1. The second kappa shape index (κ2) is 10.8. The number of nitriles is 1. The Morgan fingerprint density at radius 2 is 1.83 bits per heavy atom. The van der Waals surface area contributed by atoms with Crippen molar-refractivity contribution in [3.8, 4) is 17.5 Å². The van der Waals surface area contributed by atoms with E-state index in [1.807, 2.05) is 6.07 Å². The first-order chi connectivity index (χ1) is 17.0. The molecular formula is C25H20FN5O3S. The molecule has 1 heterocycles. The summed E-state index contributed by atoms with van der Waals surface area (Å²) >= 11 is 1.18. The van der Waals surface area contributed by atoms with E-state index < -0.39 is 5.25 Å². The summed E-state index contributed by atoms with van der Waals surface area (Å²) in [6.07, 6.45) is 0. The third-order valence-electron chi connectivity index (χ3n) is 5.23. The number of hydrogen-bond donors (Lipinski definition) is 0. The highest BCUT2D eigenvalue weighted by atomic mass is 32.2. The molecule has 0 aliphatic heterocycles. The third kappa shape index (κ3) is 5.65. The fraction of sp³-hybridized carbons (Fsp3) is 0.160. The molecule has 35 heavy (non-hydrogen) atoms. The normalized spacial score (nSPS) is 11.6. The van der Waals surface area contributed by atoms with Crippen LogP contribution in [0.4, 0.5) is 4.39 Å². The van der Waals surface area contributed by atoms with E-state index in [1.54, 1.807) is 66.1 Å². The van der Waals surface area contributed by atoms with Crippen LogP contribution in [-0.2, 0) is 6.61 Å². The predicted molar refractivity (Wildman–Crippen MR) is 128 cm³/mol. The lowest BCUT2D eigenvalue weighted by Gasteiger charge is -2.18. The highest BCUT2D eigenvalue weighted by Crippen LogP contribution is 2.40. The van der Waals surface area contributed by atoms with E-state index in [-0.39, 0.29) is 23.9 Å². The molecule has 0 bridgehead atoms. The summed E-state index contributed by atoms with van der Waals surface area (Å²) in [4.78, 5) is 11.2. The van der Waals surface area contributed by atoms with Crippen molar-refractivity contribution in [3.05, 3.63) is 111 Å². The highest BCUT2D eigenvalue weighted by Gasteiger charge is 2.26. The second-order valence-electron chi connectivity index (χ2n) is 7.56. The van der Waals surface area contributed by atoms with Gasteiger partial charge in [0.25, 0.3) is 0 Å². The van der Waals surface area contributed by atoms with Gasteiger partial charge in [0.1, 0.15) is 29.2 Å². The maximum atomic E-state index is 13.4. The van der Waals surface area contributed by atoms with Gasteiger partial charge in [-0.05, 0) is 43.3 Å². The van der Waals surface area contributed by atoms with E-state index in [9.17, 15) is 19.8 Å². The molecule has 1 atom stereocenters. The number of hydrogen-bond acceptors (Lipinski definition) is 7. The van der Waals surface area contributed by atoms with Crippen molar-refractivity contribution < 1.29 is 14.1 Å². The Morgan fingerprint density at radius 3 is 2.57 bits per heavy atom. The van der Waals surface area contributed by atoms with E-state index in [0.29, 0.717) is 33.5 Å². The van der Waals surface area contributed by atoms with Gasteiger partial charge in [-0.2, -0.15) is 5.26 Å². The van der Waals surface area contributed by atoms with Gasteiger partial charge in [0, 0.05) is 21.7 Å². The molecule has 0 spiro atoms. The van der Waals surface area contributed by atoms with E-state index in [0.717, 1.165) is 5.56 Å². The van der Waals surface area contributed by atoms with Crippen LogP contribution >= 0.6 is 11.8 Å². The molecule has 0 fully saturated rings. The Morgan fingerprint density at radius 1 is 1.11 bits per heavy atom. The van der Waals surface area contributed by atoms with Crippen LogP contribution in [-0.4, -0.2) is 26.2 Å². The van der Waals surface area contributed by atoms with Gasteiger partial charge in [-0.1, -0.05) is 48.2 Å². The summed E-state index contributed by atoms with van der Waals surface area (Å²) in [6, 6.07) is 22.2. The number of ether oxygens (including phenoxy) is 1. The lowest BCUT2D eigenvalue weighted by atomic mass is 10.1. The molecule has 0 unspecified atom stereocenters. The number of halogens is 1. The Labute approximate surface area is 205 Å². The zero-order valence-corrected chi connectivity index (χ0v) is 19.5. The van der Waals surface area contributed by atoms with Crippen LogP contribution in [0, 0.1) is 34.2 Å². The number of para-hydroxylation sites is 1. The summed E-state index contributed by atoms with van der Waals surface area (Å²) in [6.45, 7) is 1.52. The molecule has 0 saturated heterocycles. The lowest BCUT2D eigenvalue weighted by Crippen LogP contribution is -2.12. The molecule has 4 aromatic rings. The number of benzene rings is 3. The zero-order valence-electron chi connectivity index (χ0n) is 18.7. The molecule has 0 radical (unpaired) electrons. The van der Waals surface area contributed by atoms with Crippen molar-refractivity contribution >= 4 is 11.8 Å². The highest BCUT2D eigenvalue weighted by molar-refractivity contribution is 7.99. The number of nitro groups is 1. The van der Waals surface area contributed by atoms with Crippen molar-refractivity contribution in [2.45, 2.75) is 23.9 Å². The largest absolute Gasteiger partial charge is 0.489 e. The topological polar surface area (TPSA) is 107 Å². The molecule has 0 saturated carbocycles. The molecule has 3 aromatic carbocycles. The number of rotatable bonds is 9. The van der Waals surface area contributed by atoms with Crippen LogP contribution in [0.15, 0.2) is 78.0 Å². The van der Waals surface area contributed by atoms with Gasteiger partial charge in [0.05, 0.1) is 11.6 Å². The van der Waals surface area contributed by atoms with E-state index in [1.165, 1.54) is 23.9 Å². The Balaban J connectivity index is 1.65. The molecule has 176 valence electrons. The number of thioether (sulfide) groups is 1. The zero-order chi connectivity index (χ0) is 24.8. The minimum absolute atomic E-state index is 0.140. The van der Waals surface area contributed by atoms with E-state index >= 15 is 0 Å². The summed E-state index contributed by atoms with van der Waals surface area (Å²) in [5.74, 6) is 0.671. The summed E-state index contributed by atoms with van der Waals surface area (Å²) in [7, 11) is 0. The monoisotopic (exact) mass is 489 g/mol. The van der Waals surface area contributed by atoms with Gasteiger partial charge in [-0.25, -0.2) is 4.39 Å². The first-order valence-corrected chi connectivity index (χ1v) is 11.5. The van der Waals surface area contributed by atoms with Crippen LogP contribution in [0.2, 0.25) is 0 Å². The molecule has 0 amide bonds. The van der Waals surface area contributed by atoms with E-state index in [4.69, 9.17) is 4.74 Å². The fourth-order valence-electron chi connectivity index (χ4n) is 3.56. The van der Waals surface area contributed by atoms with Gasteiger partial charge in [0.15, 0.2) is 5.16 Å². The quantitative estimate of drug-likeness (QED) is 0.179. The second-order valence-corrected chi connectivity index (χ2v) is 8.73. The average Bonchev–Trinajstić information content (AvgIpc) is 3.22. The lowest BCUT2D eigenvalue weighted by molar-refractivity contribution is -0.479. The molecule has 4 rings (SSSR count). The minimum atomic E-state index is -0.643. The van der Waals surface area contributed by atoms with Gasteiger partial charge in [-0.3, -0.25) is 14.7 Å². The molecule has 0 aliphatic carbocycles. The fourth-order valence-corrected chi connectivity index (χ4v) is 4.76. The number of nitrogens with zero attached hydrogens (tertiary/aromatic N) is 5. The molecule has 10 heteroatoms. The van der Waals surface area contributed by atoms with Crippen molar-refractivity contribution in [1.82, 2.24) is 14.8 Å². The smallest absolute Gasteiger partial charge is 0.220 e. The van der Waals surface area contributed by atoms with Crippen LogP contribution in [0.1, 0.15) is 27.8 Å². The first-order valence-electron chi connectivity index (χ1n) is 10.6. The van der Waals surface area contributed by atoms with Crippen molar-refractivity contribution in [2.75, 3.05) is 6.54 Å². The predicted octanol–water partition coefficient (Wildman–Crippen LogP) is 5.28. The third-order valence-corrected chi connectivity index (χ3v) is 6.39. The Bertz CT molecular complexity index is 1380. The molecule has 1 aromatic heterocycles. The molecule has 0 aliphatic rings. The van der Waals surface area contributed by atoms with Crippen LogP contribution in [0.3, 0.4) is 0 Å². The number of aromatic nitrogens is 3. The maximum absolute atomic E-state index is 13.4. The van der Waals surface area contributed by atoms with Crippen LogP contribution in [0.25, 0.3) is 5.69 Å². The first kappa shape index (κ1) is 23.9. The summed E-state index contributed by atoms with van der Waals surface area (Å²) < 4.78 is 21.2. The number of aryl methyl sites for hydroxylation is 1.